The fourth-order valence-electron chi connectivity index (χ4n) is 4.10. The lowest BCUT2D eigenvalue weighted by molar-refractivity contribution is 0.739. The molecule has 1 aliphatic rings. The number of hydrogen-bond donors (Lipinski definition) is 1. The highest BCUT2D eigenvalue weighted by molar-refractivity contribution is 7.26. The molecule has 29 heavy (non-hydrogen) atoms. The van der Waals surface area contributed by atoms with E-state index in [0.717, 1.165) is 12.0 Å². The summed E-state index contributed by atoms with van der Waals surface area (Å²) in [6.07, 6.45) is 8.72. The molecule has 1 nitrogen and oxygen atoms in total. The van der Waals surface area contributed by atoms with Gasteiger partial charge in [-0.25, -0.2) is 0 Å². The lowest BCUT2D eigenvalue weighted by Crippen LogP contribution is -2.03. The maximum atomic E-state index is 8.58. The van der Waals surface area contributed by atoms with Crippen LogP contribution in [0.15, 0.2) is 85.0 Å². The first-order valence-electron chi connectivity index (χ1n) is 10.2. The molecule has 0 bridgehead atoms. The molecule has 0 amide bonds. The van der Waals surface area contributed by atoms with Gasteiger partial charge in [-0.3, -0.25) is 0 Å². The molecular weight excluding hydrogens is 370 g/mol. The van der Waals surface area contributed by atoms with E-state index in [9.17, 15) is 0 Å². The van der Waals surface area contributed by atoms with Gasteiger partial charge in [-0.05, 0) is 34.6 Å². The first kappa shape index (κ1) is 18.1. The van der Waals surface area contributed by atoms with Gasteiger partial charge in [0.2, 0.25) is 0 Å². The molecule has 5 rings (SSSR count). The molecule has 142 valence electrons. The highest BCUT2D eigenvalue weighted by atomic mass is 32.1. The van der Waals surface area contributed by atoms with E-state index < -0.39 is 0 Å². The number of hydrogen-bond acceptors (Lipinski definition) is 2. The molecule has 3 aromatic carbocycles. The first-order valence-corrected chi connectivity index (χ1v) is 11.0. The van der Waals surface area contributed by atoms with Gasteiger partial charge in [0.1, 0.15) is 0 Å². The van der Waals surface area contributed by atoms with Gasteiger partial charge < -0.3 is 5.41 Å². The van der Waals surface area contributed by atoms with E-state index in [1.54, 1.807) is 0 Å². The van der Waals surface area contributed by atoms with Gasteiger partial charge in [0.05, 0.1) is 0 Å². The minimum atomic E-state index is 0.621. The van der Waals surface area contributed by atoms with Gasteiger partial charge in [-0.15, -0.1) is 11.3 Å². The van der Waals surface area contributed by atoms with Crippen LogP contribution < -0.4 is 0 Å². The molecule has 0 saturated heterocycles. The Morgan fingerprint density at radius 2 is 1.69 bits per heavy atom. The summed E-state index contributed by atoms with van der Waals surface area (Å²) in [6, 6.07) is 23.2. The summed E-state index contributed by atoms with van der Waals surface area (Å²) >= 11 is 1.88. The summed E-state index contributed by atoms with van der Waals surface area (Å²) in [7, 11) is 0. The minimum absolute atomic E-state index is 0.621. The first-order chi connectivity index (χ1) is 14.2. The zero-order valence-corrected chi connectivity index (χ0v) is 17.3. The Labute approximate surface area is 175 Å². The quantitative estimate of drug-likeness (QED) is 0.344. The van der Waals surface area contributed by atoms with Crippen LogP contribution in [0, 0.1) is 11.3 Å². The van der Waals surface area contributed by atoms with E-state index in [1.807, 2.05) is 41.7 Å². The second-order valence-electron chi connectivity index (χ2n) is 7.83. The average Bonchev–Trinajstić information content (AvgIpc) is 3.15. The predicted octanol–water partition coefficient (Wildman–Crippen LogP) is 7.64. The van der Waals surface area contributed by atoms with E-state index >= 15 is 0 Å². The van der Waals surface area contributed by atoms with Crippen molar-refractivity contribution in [1.82, 2.24) is 0 Å². The van der Waals surface area contributed by atoms with Crippen LogP contribution in [0.3, 0.4) is 0 Å². The van der Waals surface area contributed by atoms with Crippen LogP contribution in [0.1, 0.15) is 30.0 Å². The van der Waals surface area contributed by atoms with Crippen molar-refractivity contribution in [2.45, 2.75) is 19.8 Å². The van der Waals surface area contributed by atoms with Crippen LogP contribution in [0.25, 0.3) is 25.7 Å². The van der Waals surface area contributed by atoms with Crippen molar-refractivity contribution in [2.24, 2.45) is 5.92 Å². The van der Waals surface area contributed by atoms with Crippen LogP contribution >= 0.6 is 11.3 Å². The summed E-state index contributed by atoms with van der Waals surface area (Å²) in [5.41, 5.74) is 5.57. The second kappa shape index (κ2) is 7.46. The number of thiophene rings is 1. The molecule has 0 fully saturated rings. The van der Waals surface area contributed by atoms with Crippen molar-refractivity contribution in [2.75, 3.05) is 0 Å². The summed E-state index contributed by atoms with van der Waals surface area (Å²) < 4.78 is 2.66. The van der Waals surface area contributed by atoms with Crippen LogP contribution in [-0.2, 0) is 6.42 Å². The predicted molar refractivity (Wildman–Crippen MR) is 127 cm³/mol. The summed E-state index contributed by atoms with van der Waals surface area (Å²) in [4.78, 5) is 0. The maximum Gasteiger partial charge on any atom is 0.0433 e. The van der Waals surface area contributed by atoms with Crippen molar-refractivity contribution >= 4 is 42.8 Å². The fourth-order valence-corrected chi connectivity index (χ4v) is 5.45. The van der Waals surface area contributed by atoms with Crippen molar-refractivity contribution in [1.29, 1.82) is 5.41 Å². The summed E-state index contributed by atoms with van der Waals surface area (Å²) in [5.74, 6) is 0.621. The molecule has 1 aliphatic carbocycles. The third kappa shape index (κ3) is 3.34. The zero-order chi connectivity index (χ0) is 19.8. The van der Waals surface area contributed by atoms with Crippen LogP contribution in [0.2, 0.25) is 0 Å². The highest BCUT2D eigenvalue weighted by Crippen LogP contribution is 2.41. The third-order valence-corrected chi connectivity index (χ3v) is 7.05. The molecule has 0 radical (unpaired) electrons. The van der Waals surface area contributed by atoms with Gasteiger partial charge in [-0.2, -0.15) is 0 Å². The molecule has 0 saturated carbocycles. The number of benzene rings is 3. The number of fused-ring (bicyclic) bond motifs is 3. The maximum absolute atomic E-state index is 8.58. The van der Waals surface area contributed by atoms with Crippen molar-refractivity contribution in [3.05, 3.63) is 102 Å². The van der Waals surface area contributed by atoms with E-state index in [1.165, 1.54) is 36.9 Å². The minimum Gasteiger partial charge on any atom is -0.304 e. The topological polar surface area (TPSA) is 23.9 Å². The molecule has 1 atom stereocenters. The molecule has 2 heteroatoms. The largest absolute Gasteiger partial charge is 0.304 e. The van der Waals surface area contributed by atoms with Gasteiger partial charge >= 0.3 is 0 Å². The Morgan fingerprint density at radius 1 is 0.931 bits per heavy atom. The lowest BCUT2D eigenvalue weighted by Gasteiger charge is -2.12. The van der Waals surface area contributed by atoms with Crippen LogP contribution in [0.5, 0.6) is 0 Å². The third-order valence-electron chi connectivity index (χ3n) is 5.72. The van der Waals surface area contributed by atoms with Gasteiger partial charge in [0.25, 0.3) is 0 Å². The molecular formula is C27H23NS. The van der Waals surface area contributed by atoms with E-state index in [4.69, 9.17) is 5.41 Å². The van der Waals surface area contributed by atoms with Gasteiger partial charge in [0.15, 0.2) is 0 Å². The molecule has 0 aliphatic heterocycles. The number of allylic oxidation sites excluding steroid dienone is 4. The number of rotatable bonds is 4. The molecule has 1 aromatic heterocycles. The lowest BCUT2D eigenvalue weighted by atomic mass is 9.93. The average molecular weight is 394 g/mol. The van der Waals surface area contributed by atoms with Crippen LogP contribution in [0.4, 0.5) is 0 Å². The molecule has 1 unspecified atom stereocenters. The molecule has 4 aromatic rings. The Balaban J connectivity index is 1.61. The van der Waals surface area contributed by atoms with E-state index in [-0.39, 0.29) is 0 Å². The Morgan fingerprint density at radius 3 is 2.45 bits per heavy atom. The second-order valence-corrected chi connectivity index (χ2v) is 8.85. The summed E-state index contributed by atoms with van der Waals surface area (Å²) in [6.45, 7) is 2.26. The van der Waals surface area contributed by atoms with Gasteiger partial charge in [-0.1, -0.05) is 91.9 Å². The highest BCUT2D eigenvalue weighted by Gasteiger charge is 2.15. The van der Waals surface area contributed by atoms with E-state index in [2.05, 4.69) is 61.5 Å². The SMILES string of the molecule is CC1C=CC(c2cccc3c2sc2c(CC(=N)c4ccccc4)cccc23)=CC1. The van der Waals surface area contributed by atoms with Crippen molar-refractivity contribution in [3.8, 4) is 0 Å². The smallest absolute Gasteiger partial charge is 0.0433 e. The Kier molecular flexibility index (Phi) is 4.65. The standard InChI is InChI=1S/C27H23NS/c1-18-13-15-19(16-14-18)22-10-6-12-24-23-11-5-9-21(26(23)29-27(22)24)17-25(28)20-7-3-2-4-8-20/h2-13,15-16,18,28H,14,17H2,1H3. The van der Waals surface area contributed by atoms with E-state index in [0.29, 0.717) is 18.1 Å². The molecule has 1 heterocycles. The monoisotopic (exact) mass is 393 g/mol. The molecule has 1 N–H and O–H groups in total. The fraction of sp³-hybridized carbons (Fsp3) is 0.148. The zero-order valence-electron chi connectivity index (χ0n) is 16.5. The van der Waals surface area contributed by atoms with Crippen molar-refractivity contribution in [3.63, 3.8) is 0 Å². The Bertz CT molecular complexity index is 1270. The van der Waals surface area contributed by atoms with Crippen molar-refractivity contribution < 1.29 is 0 Å². The normalized spacial score (nSPS) is 16.3. The molecule has 0 spiro atoms. The Hall–Kier alpha value is -2.97. The van der Waals surface area contributed by atoms with Gasteiger partial charge in [0, 0.05) is 32.3 Å². The number of nitrogens with one attached hydrogen (secondary N) is 1. The van der Waals surface area contributed by atoms with Crippen LogP contribution in [-0.4, -0.2) is 5.71 Å². The summed E-state index contributed by atoms with van der Waals surface area (Å²) in [5, 5.41) is 11.2.